The van der Waals surface area contributed by atoms with Crippen molar-refractivity contribution in [2.45, 2.75) is 46.2 Å². The monoisotopic (exact) mass is 592 g/mol. The van der Waals surface area contributed by atoms with Crippen LogP contribution < -0.4 is 0 Å². The number of aromatic nitrogens is 6. The maximum atomic E-state index is 13.5. The topological polar surface area (TPSA) is 61.4 Å². The summed E-state index contributed by atoms with van der Waals surface area (Å²) in [6.45, 7) is 9.95. The Morgan fingerprint density at radius 2 is 0.977 bits per heavy atom. The van der Waals surface area contributed by atoms with Crippen LogP contribution in [-0.4, -0.2) is 29.5 Å². The Morgan fingerprint density at radius 3 is 1.39 bits per heavy atom. The summed E-state index contributed by atoms with van der Waals surface area (Å²) in [4.78, 5) is 10.1. The summed E-state index contributed by atoms with van der Waals surface area (Å²) >= 11 is 0. The van der Waals surface area contributed by atoms with Gasteiger partial charge >= 0.3 is 6.18 Å². The second-order valence-electron chi connectivity index (χ2n) is 11.5. The van der Waals surface area contributed by atoms with Gasteiger partial charge in [-0.15, -0.1) is 0 Å². The number of benzene rings is 2. The highest BCUT2D eigenvalue weighted by Gasteiger charge is 2.34. The average molecular weight is 593 g/mol. The Bertz CT molecular complexity index is 1950. The van der Waals surface area contributed by atoms with Gasteiger partial charge < -0.3 is 0 Å². The van der Waals surface area contributed by atoms with Crippen LogP contribution in [0.5, 0.6) is 0 Å². The van der Waals surface area contributed by atoms with E-state index in [1.807, 2.05) is 95.4 Å². The fraction of sp³-hybridized carbons (Fsp3) is 0.200. The van der Waals surface area contributed by atoms with Gasteiger partial charge in [0.05, 0.1) is 17.1 Å². The Morgan fingerprint density at radius 1 is 0.523 bits per heavy atom. The van der Waals surface area contributed by atoms with Gasteiger partial charge in [0.1, 0.15) is 0 Å². The van der Waals surface area contributed by atoms with Crippen LogP contribution in [0.1, 0.15) is 47.8 Å². The van der Waals surface area contributed by atoms with Crippen LogP contribution in [0.3, 0.4) is 0 Å². The number of hydrogen-bond acceptors (Lipinski definition) is 4. The van der Waals surface area contributed by atoms with Crippen LogP contribution in [0.2, 0.25) is 0 Å². The second kappa shape index (κ2) is 10.9. The van der Waals surface area contributed by atoms with Crippen LogP contribution in [0.25, 0.3) is 33.9 Å². The molecule has 0 radical (unpaired) electrons. The Kier molecular flexibility index (Phi) is 7.19. The molecular weight excluding hydrogens is 561 g/mol. The summed E-state index contributed by atoms with van der Waals surface area (Å²) in [5.74, 6) is 0.972. The standard InChI is InChI=1S/C35H31F3N6/c1-22-6-10-25(11-7-22)27-14-16-29(39-32(27)43-20-18-24(3)41-43)34(4,5)30-17-15-28(26-12-8-23(2)9-13-26)33(40-30)44-21-19-31(42-44)35(36,37)38/h6-21H,1-5H3. The molecule has 6 aromatic rings. The third kappa shape index (κ3) is 5.53. The maximum Gasteiger partial charge on any atom is 0.435 e. The zero-order valence-corrected chi connectivity index (χ0v) is 25.1. The zero-order valence-electron chi connectivity index (χ0n) is 25.1. The van der Waals surface area contributed by atoms with E-state index in [9.17, 15) is 13.2 Å². The van der Waals surface area contributed by atoms with Gasteiger partial charge in [0.2, 0.25) is 0 Å². The predicted molar refractivity (Wildman–Crippen MR) is 165 cm³/mol. The summed E-state index contributed by atoms with van der Waals surface area (Å²) in [5, 5.41) is 8.50. The van der Waals surface area contributed by atoms with Crippen LogP contribution in [0, 0.1) is 20.8 Å². The van der Waals surface area contributed by atoms with Crippen molar-refractivity contribution in [2.75, 3.05) is 0 Å². The second-order valence-corrected chi connectivity index (χ2v) is 11.5. The van der Waals surface area contributed by atoms with Crippen LogP contribution in [0.15, 0.2) is 97.3 Å². The molecule has 0 amide bonds. The van der Waals surface area contributed by atoms with E-state index in [0.717, 1.165) is 45.3 Å². The number of alkyl halides is 3. The molecule has 2 aromatic carbocycles. The Labute approximate surface area is 253 Å². The molecule has 0 aliphatic heterocycles. The van der Waals surface area contributed by atoms with Gasteiger partial charge in [-0.1, -0.05) is 59.7 Å². The highest BCUT2D eigenvalue weighted by Crippen LogP contribution is 2.36. The fourth-order valence-electron chi connectivity index (χ4n) is 5.12. The van der Waals surface area contributed by atoms with Crippen molar-refractivity contribution in [1.29, 1.82) is 0 Å². The minimum absolute atomic E-state index is 0.300. The number of aryl methyl sites for hydroxylation is 3. The quantitative estimate of drug-likeness (QED) is 0.195. The molecule has 0 unspecified atom stereocenters. The van der Waals surface area contributed by atoms with Crippen molar-refractivity contribution in [3.63, 3.8) is 0 Å². The molecule has 4 heterocycles. The molecule has 9 heteroatoms. The molecule has 0 aliphatic carbocycles. The molecular formula is C35H31F3N6. The van der Waals surface area contributed by atoms with Crippen molar-refractivity contribution in [3.8, 4) is 33.9 Å². The predicted octanol–water partition coefficient (Wildman–Crippen LogP) is 8.45. The summed E-state index contributed by atoms with van der Waals surface area (Å²) < 4.78 is 43.5. The van der Waals surface area contributed by atoms with E-state index in [-0.39, 0.29) is 0 Å². The first-order valence-electron chi connectivity index (χ1n) is 14.2. The third-order valence-corrected chi connectivity index (χ3v) is 7.79. The van der Waals surface area contributed by atoms with Gasteiger partial charge in [-0.3, -0.25) is 0 Å². The minimum Gasteiger partial charge on any atom is -0.232 e. The van der Waals surface area contributed by atoms with Gasteiger partial charge in [0.15, 0.2) is 17.3 Å². The first-order chi connectivity index (χ1) is 20.9. The number of hydrogen-bond donors (Lipinski definition) is 0. The molecule has 0 N–H and O–H groups in total. The van der Waals surface area contributed by atoms with Crippen LogP contribution >= 0.6 is 0 Å². The molecule has 0 fully saturated rings. The molecule has 4 aromatic heterocycles. The van der Waals surface area contributed by atoms with Crippen molar-refractivity contribution < 1.29 is 13.2 Å². The Hall–Kier alpha value is -5.05. The molecule has 0 saturated heterocycles. The molecule has 0 saturated carbocycles. The normalized spacial score (nSPS) is 12.1. The van der Waals surface area contributed by atoms with Crippen molar-refractivity contribution >= 4 is 0 Å². The lowest BCUT2D eigenvalue weighted by Crippen LogP contribution is -2.24. The maximum absolute atomic E-state index is 13.5. The number of nitrogens with zero attached hydrogens (tertiary/aromatic N) is 6. The van der Waals surface area contributed by atoms with Crippen LogP contribution in [-0.2, 0) is 11.6 Å². The highest BCUT2D eigenvalue weighted by atomic mass is 19.4. The van der Waals surface area contributed by atoms with E-state index in [4.69, 9.17) is 9.97 Å². The average Bonchev–Trinajstić information content (AvgIpc) is 3.67. The van der Waals surface area contributed by atoms with Crippen molar-refractivity contribution in [1.82, 2.24) is 29.5 Å². The molecule has 6 rings (SSSR count). The largest absolute Gasteiger partial charge is 0.435 e. The number of halogens is 3. The van der Waals surface area contributed by atoms with E-state index in [1.54, 1.807) is 4.68 Å². The van der Waals surface area contributed by atoms with E-state index >= 15 is 0 Å². The molecule has 222 valence electrons. The highest BCUT2D eigenvalue weighted by molar-refractivity contribution is 5.73. The SMILES string of the molecule is Cc1ccc(-c2ccc(C(C)(C)c3ccc(-c4ccc(C)cc4)c(-n4ccc(C(F)(F)F)n4)n3)nc2-n2ccc(C)n2)cc1. The van der Waals surface area contributed by atoms with E-state index in [0.29, 0.717) is 22.9 Å². The fourth-order valence-corrected chi connectivity index (χ4v) is 5.12. The van der Waals surface area contributed by atoms with E-state index in [1.165, 1.54) is 10.9 Å². The lowest BCUT2D eigenvalue weighted by molar-refractivity contribution is -0.141. The van der Waals surface area contributed by atoms with Gasteiger partial charge in [-0.2, -0.15) is 23.4 Å². The van der Waals surface area contributed by atoms with Crippen molar-refractivity contribution in [3.05, 3.63) is 131 Å². The van der Waals surface area contributed by atoms with Gasteiger partial charge in [-0.25, -0.2) is 19.3 Å². The van der Waals surface area contributed by atoms with Gasteiger partial charge in [-0.05, 0) is 82.1 Å². The number of rotatable bonds is 6. The molecule has 0 atom stereocenters. The van der Waals surface area contributed by atoms with Gasteiger partial charge in [0.25, 0.3) is 0 Å². The molecule has 0 aliphatic rings. The van der Waals surface area contributed by atoms with E-state index < -0.39 is 17.3 Å². The molecule has 6 nitrogen and oxygen atoms in total. The molecule has 0 spiro atoms. The van der Waals surface area contributed by atoms with E-state index in [2.05, 4.69) is 34.5 Å². The smallest absolute Gasteiger partial charge is 0.232 e. The summed E-state index contributed by atoms with van der Waals surface area (Å²) in [6, 6.07) is 26.7. The first-order valence-corrected chi connectivity index (χ1v) is 14.2. The Balaban J connectivity index is 1.49. The van der Waals surface area contributed by atoms with Crippen LogP contribution in [0.4, 0.5) is 13.2 Å². The zero-order chi connectivity index (χ0) is 31.2. The summed E-state index contributed by atoms with van der Waals surface area (Å²) in [6.07, 6.45) is -1.39. The lowest BCUT2D eigenvalue weighted by Gasteiger charge is -2.26. The first kappa shape index (κ1) is 29.0. The number of pyridine rings is 2. The van der Waals surface area contributed by atoms with Crippen molar-refractivity contribution in [2.24, 2.45) is 0 Å². The molecule has 0 bridgehead atoms. The third-order valence-electron chi connectivity index (χ3n) is 7.79. The minimum atomic E-state index is -4.57. The summed E-state index contributed by atoms with van der Waals surface area (Å²) in [5.41, 5.74) is 6.16. The molecule has 44 heavy (non-hydrogen) atoms. The lowest BCUT2D eigenvalue weighted by atomic mass is 9.83. The summed E-state index contributed by atoms with van der Waals surface area (Å²) in [7, 11) is 0. The van der Waals surface area contributed by atoms with Gasteiger partial charge in [0, 0.05) is 28.9 Å².